The van der Waals surface area contributed by atoms with Crippen LogP contribution in [0.25, 0.3) is 0 Å². The lowest BCUT2D eigenvalue weighted by Crippen LogP contribution is -1.81. The fourth-order valence-electron chi connectivity index (χ4n) is 2.08. The highest BCUT2D eigenvalue weighted by Crippen LogP contribution is 2.09. The second kappa shape index (κ2) is 23.7. The molecule has 1 N–H and O–H groups in total. The molecule has 122 valence electrons. The van der Waals surface area contributed by atoms with Crippen molar-refractivity contribution in [1.29, 1.82) is 0 Å². The minimum absolute atomic E-state index is 0.361. The number of aliphatic hydroxyl groups excluding tert-OH is 1. The van der Waals surface area contributed by atoms with Crippen LogP contribution in [0.3, 0.4) is 0 Å². The summed E-state index contributed by atoms with van der Waals surface area (Å²) in [7, 11) is 0. The smallest absolute Gasteiger partial charge is 0.119 e. The van der Waals surface area contributed by atoms with Crippen molar-refractivity contribution in [3.8, 4) is 0 Å². The summed E-state index contributed by atoms with van der Waals surface area (Å²) in [5.74, 6) is 0. The van der Waals surface area contributed by atoms with E-state index in [0.29, 0.717) is 6.61 Å². The molecule has 0 atom stereocenters. The lowest BCUT2D eigenvalue weighted by Gasteiger charge is -1.99. The molecule has 20 heavy (non-hydrogen) atoms. The Morgan fingerprint density at radius 2 is 1.05 bits per heavy atom. The van der Waals surface area contributed by atoms with Gasteiger partial charge in [-0.2, -0.15) is 0 Å². The first-order chi connectivity index (χ1) is 9.83. The molecule has 0 aromatic rings. The molecular weight excluding hydrogens is 248 g/mol. The summed E-state index contributed by atoms with van der Waals surface area (Å²) in [6.07, 6.45) is 18.4. The minimum atomic E-state index is 0.361. The van der Waals surface area contributed by atoms with Crippen LogP contribution in [0.1, 0.15) is 104 Å². The second-order valence-corrected chi connectivity index (χ2v) is 5.57. The van der Waals surface area contributed by atoms with E-state index in [1.165, 1.54) is 70.6 Å². The normalized spacial score (nSPS) is 9.95. The lowest BCUT2D eigenvalue weighted by atomic mass is 10.1. The Hall–Kier alpha value is -0.370. The van der Waals surface area contributed by atoms with Gasteiger partial charge >= 0.3 is 0 Å². The Morgan fingerprint density at radius 1 is 0.650 bits per heavy atom. The van der Waals surface area contributed by atoms with Crippen LogP contribution in [0, 0.1) is 0 Å². The predicted octanol–water partition coefficient (Wildman–Crippen LogP) is 5.67. The maximum Gasteiger partial charge on any atom is 0.119 e. The van der Waals surface area contributed by atoms with Crippen molar-refractivity contribution in [3.63, 3.8) is 0 Å². The van der Waals surface area contributed by atoms with Gasteiger partial charge in [0, 0.05) is 13.0 Å². The third-order valence-corrected chi connectivity index (χ3v) is 3.44. The highest BCUT2D eigenvalue weighted by molar-refractivity contribution is 5.48. The molecule has 0 saturated carbocycles. The minimum Gasteiger partial charge on any atom is -0.396 e. The van der Waals surface area contributed by atoms with Gasteiger partial charge in [-0.15, -0.1) is 0 Å². The Balaban J connectivity index is 0. The first kappa shape index (κ1) is 21.9. The Morgan fingerprint density at radius 3 is 1.45 bits per heavy atom. The van der Waals surface area contributed by atoms with Gasteiger partial charge in [-0.1, -0.05) is 84.5 Å². The molecule has 0 aromatic carbocycles. The summed E-state index contributed by atoms with van der Waals surface area (Å²) < 4.78 is 0. The van der Waals surface area contributed by atoms with E-state index in [2.05, 4.69) is 13.8 Å². The lowest BCUT2D eigenvalue weighted by molar-refractivity contribution is -0.107. The summed E-state index contributed by atoms with van der Waals surface area (Å²) >= 11 is 0. The van der Waals surface area contributed by atoms with Crippen molar-refractivity contribution >= 4 is 6.29 Å². The molecule has 0 unspecified atom stereocenters. The molecular formula is C18H38O2. The van der Waals surface area contributed by atoms with Crippen LogP contribution in [0.15, 0.2) is 0 Å². The van der Waals surface area contributed by atoms with E-state index in [9.17, 15) is 4.79 Å². The fraction of sp³-hybridized carbons (Fsp3) is 0.944. The molecule has 0 aliphatic carbocycles. The summed E-state index contributed by atoms with van der Waals surface area (Å²) in [5, 5.41) is 8.29. The molecule has 0 rings (SSSR count). The Labute approximate surface area is 127 Å². The number of aliphatic hydroxyl groups is 1. The Kier molecular flexibility index (Phi) is 26.0. The second-order valence-electron chi connectivity index (χ2n) is 5.57. The number of hydrogen-bond acceptors (Lipinski definition) is 2. The van der Waals surface area contributed by atoms with Gasteiger partial charge in [0.25, 0.3) is 0 Å². The molecule has 0 amide bonds. The van der Waals surface area contributed by atoms with E-state index in [-0.39, 0.29) is 0 Å². The number of carbonyl (C=O) groups is 1. The molecule has 0 aliphatic heterocycles. The van der Waals surface area contributed by atoms with E-state index >= 15 is 0 Å². The zero-order valence-electron chi connectivity index (χ0n) is 14.0. The van der Waals surface area contributed by atoms with Crippen LogP contribution in [0.4, 0.5) is 0 Å². The first-order valence-electron chi connectivity index (χ1n) is 8.87. The first-order valence-corrected chi connectivity index (χ1v) is 8.87. The molecule has 0 aliphatic rings. The van der Waals surface area contributed by atoms with E-state index < -0.39 is 0 Å². The molecule has 0 radical (unpaired) electrons. The number of aldehydes is 1. The molecule has 0 aromatic heterocycles. The average Bonchev–Trinajstić information content (AvgIpc) is 2.47. The maximum absolute atomic E-state index is 10.0. The topological polar surface area (TPSA) is 37.3 Å². The summed E-state index contributed by atoms with van der Waals surface area (Å²) in [5.41, 5.74) is 0. The average molecular weight is 286 g/mol. The van der Waals surface area contributed by atoms with E-state index in [0.717, 1.165) is 25.5 Å². The monoisotopic (exact) mass is 286 g/mol. The fourth-order valence-corrected chi connectivity index (χ4v) is 2.08. The van der Waals surface area contributed by atoms with Gasteiger partial charge in [-0.3, -0.25) is 0 Å². The number of unbranched alkanes of at least 4 members (excludes halogenated alkanes) is 12. The van der Waals surface area contributed by atoms with Gasteiger partial charge in [0.1, 0.15) is 6.29 Å². The van der Waals surface area contributed by atoms with Crippen LogP contribution in [-0.2, 0) is 4.79 Å². The van der Waals surface area contributed by atoms with E-state index in [4.69, 9.17) is 5.11 Å². The number of rotatable bonds is 14. The van der Waals surface area contributed by atoms with Crippen LogP contribution in [-0.4, -0.2) is 18.0 Å². The SMILES string of the molecule is CCCCCCCCCCCC=O.CCCCCCO. The molecule has 2 heteroatoms. The van der Waals surface area contributed by atoms with Gasteiger partial charge in [0.05, 0.1) is 0 Å². The van der Waals surface area contributed by atoms with Gasteiger partial charge in [0.15, 0.2) is 0 Å². The molecule has 0 spiro atoms. The quantitative estimate of drug-likeness (QED) is 0.330. The van der Waals surface area contributed by atoms with Gasteiger partial charge < -0.3 is 9.90 Å². The van der Waals surface area contributed by atoms with E-state index in [1.54, 1.807) is 0 Å². The van der Waals surface area contributed by atoms with Crippen LogP contribution >= 0.6 is 0 Å². The molecule has 0 fully saturated rings. The summed E-state index contributed by atoms with van der Waals surface area (Å²) in [6, 6.07) is 0. The number of carbonyl (C=O) groups excluding carboxylic acids is 1. The standard InChI is InChI=1S/C12H24O.C6H14O/c1-2-3-4-5-6-7-8-9-10-11-12-13;1-2-3-4-5-6-7/h12H,2-11H2,1H3;7H,2-6H2,1H3. The number of hydrogen-bond donors (Lipinski definition) is 1. The highest BCUT2D eigenvalue weighted by atomic mass is 16.2. The van der Waals surface area contributed by atoms with Crippen LogP contribution in [0.5, 0.6) is 0 Å². The Bertz CT molecular complexity index is 153. The molecule has 0 bridgehead atoms. The zero-order chi connectivity index (χ0) is 15.3. The summed E-state index contributed by atoms with van der Waals surface area (Å²) in [6.45, 7) is 4.77. The van der Waals surface area contributed by atoms with Gasteiger partial charge in [0.2, 0.25) is 0 Å². The highest BCUT2D eigenvalue weighted by Gasteiger charge is 1.91. The summed E-state index contributed by atoms with van der Waals surface area (Å²) in [4.78, 5) is 10.0. The van der Waals surface area contributed by atoms with Crippen LogP contribution in [0.2, 0.25) is 0 Å². The van der Waals surface area contributed by atoms with Crippen molar-refractivity contribution in [3.05, 3.63) is 0 Å². The van der Waals surface area contributed by atoms with Gasteiger partial charge in [-0.05, 0) is 12.8 Å². The molecule has 2 nitrogen and oxygen atoms in total. The van der Waals surface area contributed by atoms with Crippen molar-refractivity contribution in [2.75, 3.05) is 6.61 Å². The molecule has 0 saturated heterocycles. The zero-order valence-corrected chi connectivity index (χ0v) is 14.0. The van der Waals surface area contributed by atoms with Crippen molar-refractivity contribution in [1.82, 2.24) is 0 Å². The van der Waals surface area contributed by atoms with Crippen molar-refractivity contribution in [2.24, 2.45) is 0 Å². The third-order valence-electron chi connectivity index (χ3n) is 3.44. The van der Waals surface area contributed by atoms with E-state index in [1.807, 2.05) is 0 Å². The van der Waals surface area contributed by atoms with Crippen molar-refractivity contribution < 1.29 is 9.90 Å². The maximum atomic E-state index is 10.0. The molecule has 0 heterocycles. The van der Waals surface area contributed by atoms with Crippen molar-refractivity contribution in [2.45, 2.75) is 104 Å². The third kappa shape index (κ3) is 26.2. The largest absolute Gasteiger partial charge is 0.396 e. The predicted molar refractivity (Wildman–Crippen MR) is 89.1 cm³/mol. The van der Waals surface area contributed by atoms with Gasteiger partial charge in [-0.25, -0.2) is 0 Å². The van der Waals surface area contributed by atoms with Crippen LogP contribution < -0.4 is 0 Å².